The fourth-order valence-electron chi connectivity index (χ4n) is 2.69. The van der Waals surface area contributed by atoms with Gasteiger partial charge in [0.15, 0.2) is 9.79 Å². The van der Waals surface area contributed by atoms with Crippen molar-refractivity contribution in [2.45, 2.75) is 22.6 Å². The molecule has 2 rings (SSSR count). The van der Waals surface area contributed by atoms with Crippen molar-refractivity contribution in [2.75, 3.05) is 24.6 Å². The number of benzene rings is 2. The van der Waals surface area contributed by atoms with Gasteiger partial charge in [-0.1, -0.05) is 24.3 Å². The predicted molar refractivity (Wildman–Crippen MR) is 123 cm³/mol. The van der Waals surface area contributed by atoms with E-state index in [2.05, 4.69) is 9.44 Å². The minimum atomic E-state index is -4.02. The summed E-state index contributed by atoms with van der Waals surface area (Å²) in [6.07, 6.45) is 0.929. The standard InChI is InChI=1S/C18H22N4O8S3/c23-21(24)15-7-1-3-9-17(15)32(27,28)19-11-5-13-31-14-6-12-20-33(29,30)18-10-4-2-8-16(18)22(25)26/h1-4,7-10,19-20H,5-6,11-14H2. The fraction of sp³-hybridized carbons (Fsp3) is 0.333. The van der Waals surface area contributed by atoms with E-state index in [-0.39, 0.29) is 13.1 Å². The third-order valence-corrected chi connectivity index (χ3v) is 8.39. The van der Waals surface area contributed by atoms with Gasteiger partial charge in [-0.05, 0) is 36.5 Å². The molecule has 0 unspecified atom stereocenters. The summed E-state index contributed by atoms with van der Waals surface area (Å²) in [4.78, 5) is 19.7. The number of sulfonamides is 2. The second kappa shape index (κ2) is 12.0. The maximum Gasteiger partial charge on any atom is 0.289 e. The van der Waals surface area contributed by atoms with Crippen LogP contribution in [-0.4, -0.2) is 51.3 Å². The molecular weight excluding hydrogens is 496 g/mol. The fourth-order valence-corrected chi connectivity index (χ4v) is 6.08. The Morgan fingerprint density at radius 2 is 1.06 bits per heavy atom. The normalized spacial score (nSPS) is 11.9. The summed E-state index contributed by atoms with van der Waals surface area (Å²) < 4.78 is 53.8. The van der Waals surface area contributed by atoms with Crippen LogP contribution in [0.2, 0.25) is 0 Å². The molecule has 0 aromatic heterocycles. The third-order valence-electron chi connectivity index (χ3n) is 4.22. The molecule has 180 valence electrons. The first-order valence-electron chi connectivity index (χ1n) is 9.60. The average molecular weight is 519 g/mol. The number of thioether (sulfide) groups is 1. The molecule has 33 heavy (non-hydrogen) atoms. The van der Waals surface area contributed by atoms with Crippen LogP contribution in [0.3, 0.4) is 0 Å². The molecule has 2 N–H and O–H groups in total. The van der Waals surface area contributed by atoms with E-state index in [9.17, 15) is 37.1 Å². The molecule has 12 nitrogen and oxygen atoms in total. The maximum absolute atomic E-state index is 12.3. The molecule has 15 heteroatoms. The summed E-state index contributed by atoms with van der Waals surface area (Å²) in [5, 5.41) is 22.0. The Labute approximate surface area is 195 Å². The number of hydrogen-bond donors (Lipinski definition) is 2. The summed E-state index contributed by atoms with van der Waals surface area (Å²) in [5.74, 6) is 1.16. The third kappa shape index (κ3) is 7.75. The topological polar surface area (TPSA) is 179 Å². The van der Waals surface area contributed by atoms with E-state index in [4.69, 9.17) is 0 Å². The molecule has 0 atom stereocenters. The number of para-hydroxylation sites is 2. The van der Waals surface area contributed by atoms with Gasteiger partial charge in [0.05, 0.1) is 9.85 Å². The van der Waals surface area contributed by atoms with Crippen molar-refractivity contribution >= 4 is 43.2 Å². The highest BCUT2D eigenvalue weighted by Crippen LogP contribution is 2.23. The zero-order valence-corrected chi connectivity index (χ0v) is 19.7. The van der Waals surface area contributed by atoms with Gasteiger partial charge in [0.25, 0.3) is 11.4 Å². The van der Waals surface area contributed by atoms with Gasteiger partial charge in [-0.25, -0.2) is 26.3 Å². The molecule has 0 fully saturated rings. The number of hydrogen-bond acceptors (Lipinski definition) is 9. The van der Waals surface area contributed by atoms with Crippen molar-refractivity contribution in [2.24, 2.45) is 0 Å². The quantitative estimate of drug-likeness (QED) is 0.215. The van der Waals surface area contributed by atoms with Crippen LogP contribution in [-0.2, 0) is 20.0 Å². The van der Waals surface area contributed by atoms with Crippen molar-refractivity contribution in [3.63, 3.8) is 0 Å². The van der Waals surface area contributed by atoms with Crippen LogP contribution >= 0.6 is 11.8 Å². The van der Waals surface area contributed by atoms with Crippen LogP contribution in [0.1, 0.15) is 12.8 Å². The number of nitro benzene ring substituents is 2. The maximum atomic E-state index is 12.3. The number of nitro groups is 2. The smallest absolute Gasteiger partial charge is 0.258 e. The van der Waals surface area contributed by atoms with Crippen LogP contribution in [0.25, 0.3) is 0 Å². The SMILES string of the molecule is O=[N+]([O-])c1ccccc1S(=O)(=O)NCCCSCCCNS(=O)(=O)c1ccccc1[N+](=O)[O-]. The minimum absolute atomic E-state index is 0.0890. The Kier molecular flexibility index (Phi) is 9.72. The Hall–Kier alpha value is -2.59. The van der Waals surface area contributed by atoms with E-state index >= 15 is 0 Å². The highest BCUT2D eigenvalue weighted by atomic mass is 32.2. The predicted octanol–water partition coefficient (Wildman–Crippen LogP) is 2.27. The molecule has 0 aliphatic heterocycles. The van der Waals surface area contributed by atoms with Gasteiger partial charge >= 0.3 is 0 Å². The zero-order chi connectivity index (χ0) is 24.5. The number of nitrogens with zero attached hydrogens (tertiary/aromatic N) is 2. The van der Waals surface area contributed by atoms with Crippen LogP contribution < -0.4 is 9.44 Å². The van der Waals surface area contributed by atoms with Gasteiger partial charge in [0.2, 0.25) is 20.0 Å². The van der Waals surface area contributed by atoms with Gasteiger partial charge < -0.3 is 0 Å². The van der Waals surface area contributed by atoms with Crippen molar-refractivity contribution in [3.05, 3.63) is 68.8 Å². The highest BCUT2D eigenvalue weighted by molar-refractivity contribution is 7.99. The molecule has 0 radical (unpaired) electrons. The van der Waals surface area contributed by atoms with Gasteiger partial charge in [-0.15, -0.1) is 0 Å². The highest BCUT2D eigenvalue weighted by Gasteiger charge is 2.25. The summed E-state index contributed by atoms with van der Waals surface area (Å²) in [6.45, 7) is 0.178. The van der Waals surface area contributed by atoms with Crippen molar-refractivity contribution in [1.29, 1.82) is 0 Å². The van der Waals surface area contributed by atoms with E-state index in [1.165, 1.54) is 48.2 Å². The van der Waals surface area contributed by atoms with Crippen LogP contribution in [0.5, 0.6) is 0 Å². The lowest BCUT2D eigenvalue weighted by molar-refractivity contribution is -0.388. The van der Waals surface area contributed by atoms with E-state index < -0.39 is 51.1 Å². The summed E-state index contributed by atoms with van der Waals surface area (Å²) in [6, 6.07) is 10.2. The van der Waals surface area contributed by atoms with Gasteiger partial charge in [0, 0.05) is 25.2 Å². The molecule has 0 spiro atoms. The molecule has 0 bridgehead atoms. The summed E-state index contributed by atoms with van der Waals surface area (Å²) >= 11 is 1.48. The molecular formula is C18H22N4O8S3. The molecule has 0 saturated heterocycles. The second-order valence-corrected chi connectivity index (χ2v) is 11.3. The Balaban J connectivity index is 1.70. The first kappa shape index (κ1) is 26.7. The zero-order valence-electron chi connectivity index (χ0n) is 17.2. The second-order valence-electron chi connectivity index (χ2n) is 6.56. The van der Waals surface area contributed by atoms with E-state index in [0.29, 0.717) is 24.3 Å². The van der Waals surface area contributed by atoms with E-state index in [1.807, 2.05) is 0 Å². The average Bonchev–Trinajstić information content (AvgIpc) is 2.77. The Morgan fingerprint density at radius 3 is 1.42 bits per heavy atom. The monoisotopic (exact) mass is 518 g/mol. The largest absolute Gasteiger partial charge is 0.289 e. The lowest BCUT2D eigenvalue weighted by Gasteiger charge is -2.08. The molecule has 2 aromatic carbocycles. The number of nitrogens with one attached hydrogen (secondary N) is 2. The van der Waals surface area contributed by atoms with Gasteiger partial charge in [-0.3, -0.25) is 20.2 Å². The van der Waals surface area contributed by atoms with Crippen LogP contribution in [0.15, 0.2) is 58.3 Å². The molecule has 0 amide bonds. The first-order chi connectivity index (χ1) is 15.6. The molecule has 0 aliphatic rings. The van der Waals surface area contributed by atoms with Crippen LogP contribution in [0.4, 0.5) is 11.4 Å². The summed E-state index contributed by atoms with van der Waals surface area (Å²) in [7, 11) is -8.03. The van der Waals surface area contributed by atoms with E-state index in [0.717, 1.165) is 12.1 Å². The van der Waals surface area contributed by atoms with Crippen LogP contribution in [0, 0.1) is 20.2 Å². The molecule has 0 saturated carbocycles. The lowest BCUT2D eigenvalue weighted by atomic mass is 10.3. The van der Waals surface area contributed by atoms with Crippen molar-refractivity contribution < 1.29 is 26.7 Å². The lowest BCUT2D eigenvalue weighted by Crippen LogP contribution is -2.26. The van der Waals surface area contributed by atoms with Gasteiger partial charge in [0.1, 0.15) is 0 Å². The van der Waals surface area contributed by atoms with Crippen molar-refractivity contribution in [3.8, 4) is 0 Å². The Morgan fingerprint density at radius 1 is 0.697 bits per heavy atom. The number of rotatable bonds is 14. The van der Waals surface area contributed by atoms with Gasteiger partial charge in [-0.2, -0.15) is 11.8 Å². The first-order valence-corrected chi connectivity index (χ1v) is 13.7. The summed E-state index contributed by atoms with van der Waals surface area (Å²) in [5.41, 5.74) is -0.995. The molecule has 0 aliphatic carbocycles. The molecule has 0 heterocycles. The molecule has 2 aromatic rings. The Bertz CT molecular complexity index is 1110. The van der Waals surface area contributed by atoms with E-state index in [1.54, 1.807) is 0 Å². The van der Waals surface area contributed by atoms with Crippen molar-refractivity contribution in [1.82, 2.24) is 9.44 Å². The minimum Gasteiger partial charge on any atom is -0.258 e.